The fraction of sp³-hybridized carbons (Fsp3) is 0.353. The van der Waals surface area contributed by atoms with Crippen LogP contribution in [-0.2, 0) is 6.54 Å². The van der Waals surface area contributed by atoms with E-state index < -0.39 is 5.60 Å². The Morgan fingerprint density at radius 1 is 1.09 bits per heavy atom. The number of rotatable bonds is 3. The van der Waals surface area contributed by atoms with E-state index in [1.54, 1.807) is 10.9 Å². The molecule has 23 heavy (non-hydrogen) atoms. The average Bonchev–Trinajstić information content (AvgIpc) is 3.18. The zero-order valence-electron chi connectivity index (χ0n) is 12.7. The Labute approximate surface area is 133 Å². The minimum Gasteiger partial charge on any atom is -0.388 e. The second kappa shape index (κ2) is 5.31. The normalized spacial score (nSPS) is 16.9. The summed E-state index contributed by atoms with van der Waals surface area (Å²) in [6.45, 7) is 0.285. The number of para-hydroxylation sites is 1. The van der Waals surface area contributed by atoms with Gasteiger partial charge in [0, 0.05) is 5.69 Å². The third-order valence-corrected chi connectivity index (χ3v) is 4.56. The molecule has 1 aliphatic rings. The molecular weight excluding hydrogens is 292 g/mol. The molecule has 6 heteroatoms. The molecule has 0 bridgehead atoms. The topological polar surface area (TPSA) is 72.9 Å². The number of imidazole rings is 1. The van der Waals surface area contributed by atoms with E-state index in [-0.39, 0.29) is 12.1 Å². The molecule has 4 rings (SSSR count). The van der Waals surface area contributed by atoms with Crippen LogP contribution in [0.4, 0.5) is 0 Å². The Hall–Kier alpha value is -2.47. The molecule has 0 aliphatic heterocycles. The summed E-state index contributed by atoms with van der Waals surface area (Å²) >= 11 is 0. The van der Waals surface area contributed by atoms with Gasteiger partial charge < -0.3 is 5.11 Å². The van der Waals surface area contributed by atoms with Gasteiger partial charge in [0.05, 0.1) is 12.1 Å². The number of fused-ring (bicyclic) bond motifs is 1. The molecule has 1 N–H and O–H groups in total. The molecule has 1 aromatic carbocycles. The summed E-state index contributed by atoms with van der Waals surface area (Å²) in [6, 6.07) is 9.67. The minimum absolute atomic E-state index is 0.204. The highest BCUT2D eigenvalue weighted by Gasteiger charge is 2.32. The fourth-order valence-electron chi connectivity index (χ4n) is 3.33. The standard InChI is InChI=1S/C17H18N4O2/c22-16-14-15(21(12-18-14)13-6-2-1-3-7-13)19-11-20(16)10-17(23)8-4-5-9-17/h1-3,6-7,11-12,23H,4-5,8-10H2. The summed E-state index contributed by atoms with van der Waals surface area (Å²) in [4.78, 5) is 21.3. The van der Waals surface area contributed by atoms with Crippen molar-refractivity contribution in [3.05, 3.63) is 53.3 Å². The molecule has 0 saturated heterocycles. The summed E-state index contributed by atoms with van der Waals surface area (Å²) in [6.07, 6.45) is 6.60. The van der Waals surface area contributed by atoms with Gasteiger partial charge in [-0.1, -0.05) is 31.0 Å². The van der Waals surface area contributed by atoms with Crippen LogP contribution in [0.15, 0.2) is 47.8 Å². The summed E-state index contributed by atoms with van der Waals surface area (Å²) in [7, 11) is 0. The van der Waals surface area contributed by atoms with Crippen LogP contribution in [0.5, 0.6) is 0 Å². The van der Waals surface area contributed by atoms with E-state index in [4.69, 9.17) is 0 Å². The van der Waals surface area contributed by atoms with Gasteiger partial charge in [-0.3, -0.25) is 13.9 Å². The number of benzene rings is 1. The Bertz CT molecular complexity index is 892. The molecule has 0 amide bonds. The molecule has 1 fully saturated rings. The molecule has 0 unspecified atom stereocenters. The minimum atomic E-state index is -0.790. The smallest absolute Gasteiger partial charge is 0.281 e. The van der Waals surface area contributed by atoms with Gasteiger partial charge in [0.1, 0.15) is 12.7 Å². The van der Waals surface area contributed by atoms with Crippen molar-refractivity contribution in [2.45, 2.75) is 37.8 Å². The van der Waals surface area contributed by atoms with E-state index in [2.05, 4.69) is 9.97 Å². The van der Waals surface area contributed by atoms with Crippen LogP contribution in [0.1, 0.15) is 25.7 Å². The second-order valence-corrected chi connectivity index (χ2v) is 6.23. The van der Waals surface area contributed by atoms with E-state index in [0.717, 1.165) is 31.4 Å². The first-order chi connectivity index (χ1) is 11.2. The van der Waals surface area contributed by atoms with Crippen LogP contribution in [0.3, 0.4) is 0 Å². The van der Waals surface area contributed by atoms with Crippen LogP contribution in [0, 0.1) is 0 Å². The van der Waals surface area contributed by atoms with Crippen molar-refractivity contribution in [2.75, 3.05) is 0 Å². The first-order valence-corrected chi connectivity index (χ1v) is 7.87. The maximum atomic E-state index is 12.6. The zero-order valence-corrected chi connectivity index (χ0v) is 12.7. The van der Waals surface area contributed by atoms with Gasteiger partial charge in [-0.25, -0.2) is 9.97 Å². The Morgan fingerprint density at radius 3 is 2.57 bits per heavy atom. The molecule has 1 aliphatic carbocycles. The van der Waals surface area contributed by atoms with Crippen LogP contribution >= 0.6 is 0 Å². The number of aliphatic hydroxyl groups is 1. The maximum absolute atomic E-state index is 12.6. The van der Waals surface area contributed by atoms with Gasteiger partial charge in [-0.05, 0) is 25.0 Å². The molecule has 0 radical (unpaired) electrons. The lowest BCUT2D eigenvalue weighted by atomic mass is 10.0. The van der Waals surface area contributed by atoms with E-state index in [1.165, 1.54) is 10.9 Å². The van der Waals surface area contributed by atoms with Gasteiger partial charge in [0.25, 0.3) is 5.56 Å². The van der Waals surface area contributed by atoms with Crippen LogP contribution in [-0.4, -0.2) is 29.8 Å². The van der Waals surface area contributed by atoms with Crippen molar-refractivity contribution >= 4 is 11.2 Å². The van der Waals surface area contributed by atoms with Crippen molar-refractivity contribution in [2.24, 2.45) is 0 Å². The third-order valence-electron chi connectivity index (χ3n) is 4.56. The summed E-state index contributed by atoms with van der Waals surface area (Å²) in [5.41, 5.74) is 0.786. The SMILES string of the molecule is O=c1c2ncn(-c3ccccc3)c2ncn1CC1(O)CCCC1. The molecular formula is C17H18N4O2. The predicted octanol–water partition coefficient (Wildman–Crippen LogP) is 1.89. The van der Waals surface area contributed by atoms with Gasteiger partial charge in [0.15, 0.2) is 11.2 Å². The summed E-state index contributed by atoms with van der Waals surface area (Å²) in [5.74, 6) is 0. The van der Waals surface area contributed by atoms with Gasteiger partial charge in [-0.15, -0.1) is 0 Å². The number of aromatic nitrogens is 4. The van der Waals surface area contributed by atoms with Crippen molar-refractivity contribution in [3.63, 3.8) is 0 Å². The monoisotopic (exact) mass is 310 g/mol. The van der Waals surface area contributed by atoms with E-state index in [9.17, 15) is 9.90 Å². The molecule has 3 aromatic rings. The Morgan fingerprint density at radius 2 is 1.83 bits per heavy atom. The highest BCUT2D eigenvalue weighted by Crippen LogP contribution is 2.30. The third kappa shape index (κ3) is 2.45. The maximum Gasteiger partial charge on any atom is 0.281 e. The van der Waals surface area contributed by atoms with Crippen molar-refractivity contribution < 1.29 is 5.11 Å². The molecule has 6 nitrogen and oxygen atoms in total. The lowest BCUT2D eigenvalue weighted by Gasteiger charge is -2.22. The van der Waals surface area contributed by atoms with Crippen LogP contribution in [0.2, 0.25) is 0 Å². The zero-order chi connectivity index (χ0) is 15.9. The first kappa shape index (κ1) is 14.1. The van der Waals surface area contributed by atoms with Crippen molar-refractivity contribution in [3.8, 4) is 5.69 Å². The highest BCUT2D eigenvalue weighted by atomic mass is 16.3. The lowest BCUT2D eigenvalue weighted by molar-refractivity contribution is 0.0288. The second-order valence-electron chi connectivity index (χ2n) is 6.23. The molecule has 0 spiro atoms. The lowest BCUT2D eigenvalue weighted by Crippen LogP contribution is -2.35. The van der Waals surface area contributed by atoms with Crippen molar-refractivity contribution in [1.82, 2.24) is 19.1 Å². The quantitative estimate of drug-likeness (QED) is 0.802. The van der Waals surface area contributed by atoms with Gasteiger partial charge in [0.2, 0.25) is 0 Å². The number of hydrogen-bond acceptors (Lipinski definition) is 4. The molecule has 0 atom stereocenters. The molecule has 118 valence electrons. The predicted molar refractivity (Wildman–Crippen MR) is 86.5 cm³/mol. The van der Waals surface area contributed by atoms with Crippen LogP contribution in [0.25, 0.3) is 16.9 Å². The Balaban J connectivity index is 1.77. The fourth-order valence-corrected chi connectivity index (χ4v) is 3.33. The van der Waals surface area contributed by atoms with Crippen molar-refractivity contribution in [1.29, 1.82) is 0 Å². The summed E-state index contributed by atoms with van der Waals surface area (Å²) < 4.78 is 3.28. The van der Waals surface area contributed by atoms with Gasteiger partial charge >= 0.3 is 0 Å². The van der Waals surface area contributed by atoms with Gasteiger partial charge in [-0.2, -0.15) is 0 Å². The number of hydrogen-bond donors (Lipinski definition) is 1. The largest absolute Gasteiger partial charge is 0.388 e. The molecule has 1 saturated carbocycles. The average molecular weight is 310 g/mol. The van der Waals surface area contributed by atoms with E-state index in [0.29, 0.717) is 11.2 Å². The Kier molecular flexibility index (Phi) is 3.27. The van der Waals surface area contributed by atoms with Crippen LogP contribution < -0.4 is 5.56 Å². The first-order valence-electron chi connectivity index (χ1n) is 7.87. The van der Waals surface area contributed by atoms with E-state index in [1.807, 2.05) is 30.3 Å². The molecule has 2 aromatic heterocycles. The highest BCUT2D eigenvalue weighted by molar-refractivity contribution is 5.71. The number of nitrogens with zero attached hydrogens (tertiary/aromatic N) is 4. The summed E-state index contributed by atoms with van der Waals surface area (Å²) in [5, 5.41) is 10.5. The van der Waals surface area contributed by atoms with E-state index >= 15 is 0 Å². The molecule has 2 heterocycles.